The number of aromatic nitrogens is 3. The molecule has 0 radical (unpaired) electrons. The fourth-order valence-electron chi connectivity index (χ4n) is 3.06. The zero-order chi connectivity index (χ0) is 23.4. The monoisotopic (exact) mass is 483 g/mol. The van der Waals surface area contributed by atoms with Crippen molar-refractivity contribution in [1.29, 1.82) is 0 Å². The highest BCUT2D eigenvalue weighted by atomic mass is 32.2. The molecule has 2 heterocycles. The van der Waals surface area contributed by atoms with Crippen LogP contribution in [0.25, 0.3) is 11.6 Å². The number of carbonyl (C=O) groups excluding carboxylic acids is 1. The van der Waals surface area contributed by atoms with Gasteiger partial charge in [-0.15, -0.1) is 10.2 Å². The summed E-state index contributed by atoms with van der Waals surface area (Å²) in [5.41, 5.74) is 1.51. The number of rotatable bonds is 8. The van der Waals surface area contributed by atoms with Gasteiger partial charge >= 0.3 is 0 Å². The van der Waals surface area contributed by atoms with Crippen molar-refractivity contribution in [3.05, 3.63) is 78.6 Å². The van der Waals surface area contributed by atoms with Gasteiger partial charge in [-0.05, 0) is 48.9 Å². The number of furan rings is 1. The zero-order valence-corrected chi connectivity index (χ0v) is 19.2. The summed E-state index contributed by atoms with van der Waals surface area (Å²) in [6, 6.07) is 19.1. The Kier molecular flexibility index (Phi) is 6.63. The van der Waals surface area contributed by atoms with Gasteiger partial charge in [0.25, 0.3) is 0 Å². The van der Waals surface area contributed by atoms with Crippen LogP contribution in [0.4, 0.5) is 5.69 Å². The topological polar surface area (TPSA) is 133 Å². The lowest BCUT2D eigenvalue weighted by atomic mass is 10.2. The maximum absolute atomic E-state index is 12.8. The largest absolute Gasteiger partial charge is 0.461 e. The molecule has 9 nitrogen and oxygen atoms in total. The van der Waals surface area contributed by atoms with Gasteiger partial charge in [0, 0.05) is 5.69 Å². The average molecular weight is 484 g/mol. The minimum Gasteiger partial charge on any atom is -0.461 e. The lowest BCUT2D eigenvalue weighted by Crippen LogP contribution is -2.23. The Balaban J connectivity index is 1.52. The molecule has 0 fully saturated rings. The first kappa shape index (κ1) is 22.8. The lowest BCUT2D eigenvalue weighted by Gasteiger charge is -2.14. The standard InChI is InChI=1S/C22H21N5O4S2/c1-15(21(28)24-17-9-11-18(12-10-17)33(23,29)30)32-22-26-25-20(19-8-5-13-31-19)27(22)14-16-6-3-2-4-7-16/h2-13,15H,14H2,1H3,(H,24,28)(H2,23,29,30)/t15-/m1/s1. The normalized spacial score (nSPS) is 12.4. The van der Waals surface area contributed by atoms with Gasteiger partial charge in [0.15, 0.2) is 10.9 Å². The molecule has 0 aliphatic heterocycles. The Morgan fingerprint density at radius 2 is 1.82 bits per heavy atom. The number of hydrogen-bond acceptors (Lipinski definition) is 7. The van der Waals surface area contributed by atoms with E-state index in [-0.39, 0.29) is 10.8 Å². The molecule has 3 N–H and O–H groups in total. The first-order valence-electron chi connectivity index (χ1n) is 9.92. The van der Waals surface area contributed by atoms with Crippen LogP contribution in [-0.4, -0.2) is 34.3 Å². The molecule has 1 amide bonds. The van der Waals surface area contributed by atoms with Crippen LogP contribution in [0, 0.1) is 0 Å². The van der Waals surface area contributed by atoms with Crippen molar-refractivity contribution < 1.29 is 17.6 Å². The summed E-state index contributed by atoms with van der Waals surface area (Å²) in [5, 5.41) is 16.5. The molecule has 2 aromatic carbocycles. The van der Waals surface area contributed by atoms with E-state index in [1.54, 1.807) is 25.3 Å². The van der Waals surface area contributed by atoms with Crippen molar-refractivity contribution in [2.24, 2.45) is 5.14 Å². The second kappa shape index (κ2) is 9.61. The Hall–Kier alpha value is -3.41. The van der Waals surface area contributed by atoms with E-state index >= 15 is 0 Å². The van der Waals surface area contributed by atoms with Crippen LogP contribution in [0.15, 0.2) is 87.5 Å². The molecule has 0 aliphatic carbocycles. The second-order valence-electron chi connectivity index (χ2n) is 7.17. The van der Waals surface area contributed by atoms with Gasteiger partial charge in [0.2, 0.25) is 21.8 Å². The van der Waals surface area contributed by atoms with Crippen LogP contribution in [0.5, 0.6) is 0 Å². The summed E-state index contributed by atoms with van der Waals surface area (Å²) < 4.78 is 30.2. The minimum atomic E-state index is -3.79. The number of benzene rings is 2. The maximum atomic E-state index is 12.8. The zero-order valence-electron chi connectivity index (χ0n) is 17.6. The SMILES string of the molecule is C[C@@H](Sc1nnc(-c2ccco2)n1Cc1ccccc1)C(=O)Nc1ccc(S(N)(=O)=O)cc1. The van der Waals surface area contributed by atoms with Crippen molar-refractivity contribution in [3.8, 4) is 11.6 Å². The van der Waals surface area contributed by atoms with Crippen LogP contribution >= 0.6 is 11.8 Å². The van der Waals surface area contributed by atoms with E-state index in [0.717, 1.165) is 5.56 Å². The van der Waals surface area contributed by atoms with Crippen LogP contribution in [-0.2, 0) is 21.4 Å². The smallest absolute Gasteiger partial charge is 0.238 e. The Bertz CT molecular complexity index is 1340. The molecule has 0 aliphatic rings. The summed E-state index contributed by atoms with van der Waals surface area (Å²) >= 11 is 1.26. The molecule has 2 aromatic heterocycles. The predicted octanol–water partition coefficient (Wildman–Crippen LogP) is 3.35. The molecular weight excluding hydrogens is 462 g/mol. The molecule has 4 rings (SSSR count). The number of amides is 1. The number of hydrogen-bond donors (Lipinski definition) is 2. The van der Waals surface area contributed by atoms with Crippen LogP contribution < -0.4 is 10.5 Å². The summed E-state index contributed by atoms with van der Waals surface area (Å²) in [6.45, 7) is 2.27. The van der Waals surface area contributed by atoms with Crippen LogP contribution in [0.3, 0.4) is 0 Å². The van der Waals surface area contributed by atoms with E-state index in [4.69, 9.17) is 9.56 Å². The summed E-state index contributed by atoms with van der Waals surface area (Å²) in [5.74, 6) is 0.882. The summed E-state index contributed by atoms with van der Waals surface area (Å²) in [6.07, 6.45) is 1.57. The number of sulfonamides is 1. The Morgan fingerprint density at radius 3 is 2.45 bits per heavy atom. The molecular formula is C22H21N5O4S2. The van der Waals surface area contributed by atoms with Crippen molar-refractivity contribution >= 4 is 33.4 Å². The average Bonchev–Trinajstić information content (AvgIpc) is 3.45. The Morgan fingerprint density at radius 1 is 1.09 bits per heavy atom. The van der Waals surface area contributed by atoms with E-state index < -0.39 is 15.3 Å². The van der Waals surface area contributed by atoms with Crippen LogP contribution in [0.2, 0.25) is 0 Å². The highest BCUT2D eigenvalue weighted by Gasteiger charge is 2.22. The van der Waals surface area contributed by atoms with Gasteiger partial charge in [-0.2, -0.15) is 0 Å². The van der Waals surface area contributed by atoms with Gasteiger partial charge in [0.05, 0.1) is 23.0 Å². The third kappa shape index (κ3) is 5.51. The van der Waals surface area contributed by atoms with E-state index in [1.807, 2.05) is 34.9 Å². The van der Waals surface area contributed by atoms with E-state index in [1.165, 1.54) is 36.0 Å². The van der Waals surface area contributed by atoms with Gasteiger partial charge in [-0.25, -0.2) is 13.6 Å². The van der Waals surface area contributed by atoms with Gasteiger partial charge < -0.3 is 9.73 Å². The van der Waals surface area contributed by atoms with E-state index in [2.05, 4.69) is 15.5 Å². The lowest BCUT2D eigenvalue weighted by molar-refractivity contribution is -0.115. The van der Waals surface area contributed by atoms with Gasteiger partial charge in [-0.3, -0.25) is 9.36 Å². The molecule has 170 valence electrons. The number of anilines is 1. The van der Waals surface area contributed by atoms with Gasteiger partial charge in [-0.1, -0.05) is 42.1 Å². The summed E-state index contributed by atoms with van der Waals surface area (Å²) in [7, 11) is -3.79. The molecule has 0 saturated heterocycles. The van der Waals surface area contributed by atoms with Crippen molar-refractivity contribution in [2.75, 3.05) is 5.32 Å². The molecule has 4 aromatic rings. The number of primary sulfonamides is 1. The molecule has 0 spiro atoms. The highest BCUT2D eigenvalue weighted by molar-refractivity contribution is 8.00. The van der Waals surface area contributed by atoms with Crippen molar-refractivity contribution in [1.82, 2.24) is 14.8 Å². The molecule has 0 unspecified atom stereocenters. The molecule has 0 bridgehead atoms. The molecule has 33 heavy (non-hydrogen) atoms. The number of nitrogens with one attached hydrogen (secondary N) is 1. The third-order valence-electron chi connectivity index (χ3n) is 4.74. The fraction of sp³-hybridized carbons (Fsp3) is 0.136. The quantitative estimate of drug-likeness (QED) is 0.367. The molecule has 0 saturated carbocycles. The van der Waals surface area contributed by atoms with Gasteiger partial charge in [0.1, 0.15) is 0 Å². The van der Waals surface area contributed by atoms with Crippen molar-refractivity contribution in [3.63, 3.8) is 0 Å². The number of nitrogens with two attached hydrogens (primary N) is 1. The predicted molar refractivity (Wildman–Crippen MR) is 125 cm³/mol. The molecule has 1 atom stereocenters. The number of thioether (sulfide) groups is 1. The summed E-state index contributed by atoms with van der Waals surface area (Å²) in [4.78, 5) is 12.7. The highest BCUT2D eigenvalue weighted by Crippen LogP contribution is 2.28. The maximum Gasteiger partial charge on any atom is 0.238 e. The first-order valence-corrected chi connectivity index (χ1v) is 12.4. The fourth-order valence-corrected chi connectivity index (χ4v) is 4.42. The number of carbonyl (C=O) groups is 1. The second-order valence-corrected chi connectivity index (χ2v) is 10.0. The third-order valence-corrected chi connectivity index (χ3v) is 6.75. The van der Waals surface area contributed by atoms with Crippen LogP contribution in [0.1, 0.15) is 12.5 Å². The minimum absolute atomic E-state index is 0.0256. The van der Waals surface area contributed by atoms with E-state index in [0.29, 0.717) is 29.0 Å². The van der Waals surface area contributed by atoms with E-state index in [9.17, 15) is 13.2 Å². The molecule has 11 heteroatoms. The van der Waals surface area contributed by atoms with Crippen molar-refractivity contribution in [2.45, 2.75) is 28.8 Å². The first-order chi connectivity index (χ1) is 15.8. The Labute approximate surface area is 195 Å². The number of nitrogens with zero attached hydrogens (tertiary/aromatic N) is 3.